The lowest BCUT2D eigenvalue weighted by Gasteiger charge is -2.25. The van der Waals surface area contributed by atoms with Crippen LogP contribution in [0.3, 0.4) is 0 Å². The minimum absolute atomic E-state index is 0.149. The molecule has 1 N–H and O–H groups in total. The van der Waals surface area contributed by atoms with E-state index in [0.717, 1.165) is 0 Å². The molecule has 28 heavy (non-hydrogen) atoms. The average Bonchev–Trinajstić information content (AvgIpc) is 2.66. The second-order valence-corrected chi connectivity index (χ2v) is 6.87. The van der Waals surface area contributed by atoms with Crippen LogP contribution in [0.25, 0.3) is 11.0 Å². The molecule has 0 radical (unpaired) electrons. The number of ether oxygens (including phenoxy) is 3. The van der Waals surface area contributed by atoms with Crippen molar-refractivity contribution in [1.29, 1.82) is 0 Å². The highest BCUT2D eigenvalue weighted by molar-refractivity contribution is 5.82. The summed E-state index contributed by atoms with van der Waals surface area (Å²) in [5.74, 6) is 0.184. The Balaban J connectivity index is 2.33. The van der Waals surface area contributed by atoms with Crippen LogP contribution in [0.2, 0.25) is 0 Å². The monoisotopic (exact) mass is 390 g/mol. The molecule has 0 aliphatic heterocycles. The van der Waals surface area contributed by atoms with Crippen molar-refractivity contribution in [2.24, 2.45) is 5.92 Å². The zero-order valence-corrected chi connectivity index (χ0v) is 16.6. The molecule has 2 aromatic rings. The number of hydrogen-bond acceptors (Lipinski definition) is 7. The molecular formula is C21H26O7. The molecule has 1 aromatic carbocycles. The topological polar surface area (TPSA) is 95.2 Å². The number of hydrogen-bond donors (Lipinski definition) is 1. The van der Waals surface area contributed by atoms with Crippen molar-refractivity contribution in [2.45, 2.75) is 32.5 Å². The van der Waals surface area contributed by atoms with E-state index in [1.54, 1.807) is 18.2 Å². The highest BCUT2D eigenvalue weighted by Crippen LogP contribution is 2.37. The van der Waals surface area contributed by atoms with Crippen molar-refractivity contribution >= 4 is 16.9 Å². The molecule has 0 saturated carbocycles. The Kier molecular flexibility index (Phi) is 7.37. The maximum absolute atomic E-state index is 11.8. The predicted octanol–water partition coefficient (Wildman–Crippen LogP) is 3.00. The molecule has 0 unspecified atom stereocenters. The van der Waals surface area contributed by atoms with Gasteiger partial charge in [0.05, 0.1) is 12.7 Å². The van der Waals surface area contributed by atoms with Gasteiger partial charge in [-0.1, -0.05) is 20.4 Å². The summed E-state index contributed by atoms with van der Waals surface area (Å²) < 4.78 is 21.4. The minimum atomic E-state index is -1.22. The van der Waals surface area contributed by atoms with Gasteiger partial charge in [-0.25, -0.2) is 4.79 Å². The van der Waals surface area contributed by atoms with Crippen molar-refractivity contribution < 1.29 is 28.5 Å². The molecule has 2 rings (SSSR count). The molecule has 2 atom stereocenters. The van der Waals surface area contributed by atoms with Gasteiger partial charge in [0.2, 0.25) is 0 Å². The second kappa shape index (κ2) is 9.52. The lowest BCUT2D eigenvalue weighted by Crippen LogP contribution is -2.26. The largest absolute Gasteiger partial charge is 0.496 e. The van der Waals surface area contributed by atoms with Gasteiger partial charge in [0, 0.05) is 25.0 Å². The van der Waals surface area contributed by atoms with Gasteiger partial charge in [0.1, 0.15) is 30.1 Å². The Morgan fingerprint density at radius 2 is 1.89 bits per heavy atom. The van der Waals surface area contributed by atoms with Crippen LogP contribution in [0.5, 0.6) is 5.75 Å². The molecule has 0 saturated heterocycles. The van der Waals surface area contributed by atoms with E-state index in [2.05, 4.69) is 6.58 Å². The smallest absolute Gasteiger partial charge is 0.336 e. The van der Waals surface area contributed by atoms with Crippen LogP contribution in [0.1, 0.15) is 31.9 Å². The van der Waals surface area contributed by atoms with Crippen molar-refractivity contribution in [3.8, 4) is 5.75 Å². The Morgan fingerprint density at radius 1 is 1.21 bits per heavy atom. The Bertz CT molecular complexity index is 897. The molecule has 0 fully saturated rings. The summed E-state index contributed by atoms with van der Waals surface area (Å²) in [6.45, 7) is 7.48. The normalized spacial score (nSPS) is 13.4. The van der Waals surface area contributed by atoms with Crippen molar-refractivity contribution in [1.82, 2.24) is 0 Å². The third kappa shape index (κ3) is 4.99. The molecule has 0 aliphatic carbocycles. The number of rotatable bonds is 9. The molecule has 0 spiro atoms. The number of methoxy groups -OCH3 is 2. The second-order valence-electron chi connectivity index (χ2n) is 6.87. The Hall–Kier alpha value is -2.64. The van der Waals surface area contributed by atoms with E-state index in [4.69, 9.17) is 18.6 Å². The SMILES string of the molecule is C=C(COC(=O)CC(C)C)[C@H](O)[C@@H](OC)c1c(OC)ccc2ccc(=O)oc12. The summed E-state index contributed by atoms with van der Waals surface area (Å²) in [5.41, 5.74) is 0.346. The zero-order chi connectivity index (χ0) is 20.8. The first-order chi connectivity index (χ1) is 13.3. The van der Waals surface area contributed by atoms with Gasteiger partial charge in [-0.15, -0.1) is 0 Å². The fourth-order valence-corrected chi connectivity index (χ4v) is 2.85. The molecule has 0 aliphatic rings. The highest BCUT2D eigenvalue weighted by Gasteiger charge is 2.30. The molecular weight excluding hydrogens is 364 g/mol. The third-order valence-corrected chi connectivity index (χ3v) is 4.25. The van der Waals surface area contributed by atoms with Crippen molar-refractivity contribution in [3.05, 3.63) is 52.4 Å². The van der Waals surface area contributed by atoms with Crippen LogP contribution < -0.4 is 10.4 Å². The Morgan fingerprint density at radius 3 is 2.50 bits per heavy atom. The first-order valence-electron chi connectivity index (χ1n) is 8.93. The average molecular weight is 390 g/mol. The number of fused-ring (bicyclic) bond motifs is 1. The van der Waals surface area contributed by atoms with E-state index < -0.39 is 17.8 Å². The fraction of sp³-hybridized carbons (Fsp3) is 0.429. The number of aliphatic hydroxyl groups excluding tert-OH is 1. The Labute approximate surface area is 163 Å². The van der Waals surface area contributed by atoms with E-state index in [0.29, 0.717) is 16.7 Å². The van der Waals surface area contributed by atoms with Crippen LogP contribution in [0.15, 0.2) is 45.6 Å². The predicted molar refractivity (Wildman–Crippen MR) is 104 cm³/mol. The van der Waals surface area contributed by atoms with Gasteiger partial charge in [0.15, 0.2) is 0 Å². The number of carbonyl (C=O) groups excluding carboxylic acids is 1. The van der Waals surface area contributed by atoms with Crippen LogP contribution >= 0.6 is 0 Å². The van der Waals surface area contributed by atoms with E-state index in [1.807, 2.05) is 13.8 Å². The summed E-state index contributed by atoms with van der Waals surface area (Å²) in [5, 5.41) is 11.4. The molecule has 0 bridgehead atoms. The summed E-state index contributed by atoms with van der Waals surface area (Å²) in [4.78, 5) is 23.5. The van der Waals surface area contributed by atoms with E-state index in [-0.39, 0.29) is 36.1 Å². The molecule has 0 amide bonds. The summed E-state index contributed by atoms with van der Waals surface area (Å²) in [6.07, 6.45) is -1.89. The first-order valence-corrected chi connectivity index (χ1v) is 8.93. The zero-order valence-electron chi connectivity index (χ0n) is 16.6. The lowest BCUT2D eigenvalue weighted by molar-refractivity contribution is -0.144. The summed E-state index contributed by atoms with van der Waals surface area (Å²) in [6, 6.07) is 6.36. The lowest BCUT2D eigenvalue weighted by atomic mass is 9.96. The molecule has 1 heterocycles. The summed E-state index contributed by atoms with van der Waals surface area (Å²) >= 11 is 0. The quantitative estimate of drug-likeness (QED) is 0.399. The highest BCUT2D eigenvalue weighted by atomic mass is 16.5. The van der Waals surface area contributed by atoms with Gasteiger partial charge >= 0.3 is 11.6 Å². The first kappa shape index (κ1) is 21.7. The van der Waals surface area contributed by atoms with Crippen LogP contribution in [0, 0.1) is 5.92 Å². The van der Waals surface area contributed by atoms with Crippen molar-refractivity contribution in [2.75, 3.05) is 20.8 Å². The number of carbonyl (C=O) groups is 1. The van der Waals surface area contributed by atoms with E-state index in [1.165, 1.54) is 20.3 Å². The van der Waals surface area contributed by atoms with Crippen LogP contribution in [-0.4, -0.2) is 38.0 Å². The van der Waals surface area contributed by atoms with Gasteiger partial charge < -0.3 is 23.7 Å². The fourth-order valence-electron chi connectivity index (χ4n) is 2.85. The van der Waals surface area contributed by atoms with Crippen LogP contribution in [-0.2, 0) is 14.3 Å². The molecule has 152 valence electrons. The minimum Gasteiger partial charge on any atom is -0.496 e. The van der Waals surface area contributed by atoms with Gasteiger partial charge in [-0.2, -0.15) is 0 Å². The molecule has 7 heteroatoms. The van der Waals surface area contributed by atoms with Crippen LogP contribution in [0.4, 0.5) is 0 Å². The van der Waals surface area contributed by atoms with Gasteiger partial charge in [-0.05, 0) is 29.7 Å². The van der Waals surface area contributed by atoms with Gasteiger partial charge in [0.25, 0.3) is 0 Å². The molecule has 1 aromatic heterocycles. The molecule has 7 nitrogen and oxygen atoms in total. The third-order valence-electron chi connectivity index (χ3n) is 4.25. The standard InChI is InChI=1S/C21H26O7/c1-12(2)10-17(23)27-11-13(3)19(24)21(26-5)18-15(25-4)8-6-14-7-9-16(22)28-20(14)18/h6-9,12,19,21,24H,3,10-11H2,1-2,4-5H3/t19-,21-/m0/s1. The maximum Gasteiger partial charge on any atom is 0.336 e. The summed E-state index contributed by atoms with van der Waals surface area (Å²) in [7, 11) is 2.87. The van der Waals surface area contributed by atoms with E-state index >= 15 is 0 Å². The van der Waals surface area contributed by atoms with Crippen molar-refractivity contribution in [3.63, 3.8) is 0 Å². The number of benzene rings is 1. The van der Waals surface area contributed by atoms with E-state index in [9.17, 15) is 14.7 Å². The van der Waals surface area contributed by atoms with Gasteiger partial charge in [-0.3, -0.25) is 4.79 Å². The maximum atomic E-state index is 11.8. The number of esters is 1. The number of aliphatic hydroxyl groups is 1.